The van der Waals surface area contributed by atoms with Gasteiger partial charge in [-0.3, -0.25) is 4.18 Å². The fourth-order valence-electron chi connectivity index (χ4n) is 2.63. The number of hydrogen-bond donors (Lipinski definition) is 0. The largest absolute Gasteiger partial charge is 0.349 e. The molecule has 4 atom stereocenters. The Labute approximate surface area is 154 Å². The molecule has 0 spiro atoms. The van der Waals surface area contributed by atoms with E-state index in [-0.39, 0.29) is 37.3 Å². The zero-order valence-electron chi connectivity index (χ0n) is 13.1. The molecule has 1 aromatic carbocycles. The van der Waals surface area contributed by atoms with Crippen LogP contribution in [0.4, 0.5) is 0 Å². The molecule has 0 aromatic heterocycles. The van der Waals surface area contributed by atoms with Gasteiger partial charge in [-0.25, -0.2) is 0 Å². The van der Waals surface area contributed by atoms with Crippen LogP contribution in [0.2, 0.25) is 0 Å². The van der Waals surface area contributed by atoms with E-state index in [0.29, 0.717) is 0 Å². The number of rotatable bonds is 5. The van der Waals surface area contributed by atoms with Crippen LogP contribution in [-0.4, -0.2) is 57.5 Å². The Bertz CT molecular complexity index is 648. The molecule has 134 valence electrons. The zero-order chi connectivity index (χ0) is 17.2. The molecule has 3 rings (SSSR count). The predicted octanol–water partition coefficient (Wildman–Crippen LogP) is 1.62. The van der Waals surface area contributed by atoms with Gasteiger partial charge in [-0.15, -0.1) is 0 Å². The van der Waals surface area contributed by atoms with Crippen LogP contribution in [0.3, 0.4) is 0 Å². The highest BCUT2D eigenvalue weighted by atomic mass is 127. The topological polar surface area (TPSA) is 80.3 Å². The van der Waals surface area contributed by atoms with Crippen LogP contribution in [0.5, 0.6) is 0 Å². The van der Waals surface area contributed by atoms with Gasteiger partial charge in [-0.05, 0) is 19.1 Å². The second-order valence-electron chi connectivity index (χ2n) is 5.61. The lowest BCUT2D eigenvalue weighted by Crippen LogP contribution is -2.58. The molecule has 0 radical (unpaired) electrons. The highest BCUT2D eigenvalue weighted by molar-refractivity contribution is 14.1. The van der Waals surface area contributed by atoms with Crippen LogP contribution < -0.4 is 0 Å². The van der Waals surface area contributed by atoms with Crippen LogP contribution in [0, 0.1) is 6.92 Å². The average Bonchev–Trinajstić information content (AvgIpc) is 2.59. The summed E-state index contributed by atoms with van der Waals surface area (Å²) in [5.74, 6) is 0. The molecule has 24 heavy (non-hydrogen) atoms. The smallest absolute Gasteiger partial charge is 0.297 e. The Morgan fingerprint density at radius 3 is 2.25 bits per heavy atom. The van der Waals surface area contributed by atoms with Crippen molar-refractivity contribution in [3.63, 3.8) is 0 Å². The molecule has 2 fully saturated rings. The summed E-state index contributed by atoms with van der Waals surface area (Å²) in [6, 6.07) is 6.50. The summed E-state index contributed by atoms with van der Waals surface area (Å²) >= 11 is 2.22. The standard InChI is InChI=1S/C15H19IO7S/c1-10-2-4-11(5-3-10)24(17,18)23-7-13-15-14(21-9-20-13)12(6-16)19-8-22-15/h2-5,12-15H,6-9H2,1H3/t12-,13+,14-,15-/m1/s1. The van der Waals surface area contributed by atoms with E-state index >= 15 is 0 Å². The summed E-state index contributed by atoms with van der Waals surface area (Å²) in [6.07, 6.45) is -1.34. The van der Waals surface area contributed by atoms with Gasteiger partial charge in [0, 0.05) is 4.43 Å². The Kier molecular flexibility index (Phi) is 6.11. The van der Waals surface area contributed by atoms with Crippen molar-refractivity contribution in [1.82, 2.24) is 0 Å². The second-order valence-corrected chi connectivity index (χ2v) is 8.11. The van der Waals surface area contributed by atoms with E-state index in [1.165, 1.54) is 12.1 Å². The van der Waals surface area contributed by atoms with Crippen molar-refractivity contribution >= 4 is 32.7 Å². The number of fused-ring (bicyclic) bond motifs is 1. The second kappa shape index (κ2) is 7.94. The minimum Gasteiger partial charge on any atom is -0.349 e. The van der Waals surface area contributed by atoms with Crippen molar-refractivity contribution in [2.75, 3.05) is 24.6 Å². The summed E-state index contributed by atoms with van der Waals surface area (Å²) in [4.78, 5) is 0.120. The van der Waals surface area contributed by atoms with Crippen LogP contribution >= 0.6 is 22.6 Å². The molecule has 0 aliphatic carbocycles. The first kappa shape index (κ1) is 18.5. The molecular weight excluding hydrogens is 451 g/mol. The van der Waals surface area contributed by atoms with Crippen LogP contribution in [0.1, 0.15) is 5.56 Å². The fraction of sp³-hybridized carbons (Fsp3) is 0.600. The third-order valence-corrected chi connectivity index (χ3v) is 6.16. The van der Waals surface area contributed by atoms with E-state index < -0.39 is 22.3 Å². The first-order chi connectivity index (χ1) is 11.5. The van der Waals surface area contributed by atoms with Gasteiger partial charge in [-0.2, -0.15) is 8.42 Å². The lowest BCUT2D eigenvalue weighted by Gasteiger charge is -2.43. The van der Waals surface area contributed by atoms with Crippen molar-refractivity contribution in [2.24, 2.45) is 0 Å². The van der Waals surface area contributed by atoms with E-state index in [1.807, 2.05) is 6.92 Å². The fourth-order valence-corrected chi connectivity index (χ4v) is 4.31. The highest BCUT2D eigenvalue weighted by Crippen LogP contribution is 2.27. The van der Waals surface area contributed by atoms with Gasteiger partial charge in [0.1, 0.15) is 31.9 Å². The molecule has 0 amide bonds. The van der Waals surface area contributed by atoms with E-state index in [4.69, 9.17) is 23.1 Å². The van der Waals surface area contributed by atoms with Gasteiger partial charge in [0.25, 0.3) is 10.1 Å². The van der Waals surface area contributed by atoms with Gasteiger partial charge < -0.3 is 18.9 Å². The SMILES string of the molecule is Cc1ccc(S(=O)(=O)OC[C@@H]2OCO[C@H]3[C@@H]2OCO[C@@H]3CI)cc1. The van der Waals surface area contributed by atoms with Gasteiger partial charge in [-0.1, -0.05) is 40.3 Å². The van der Waals surface area contributed by atoms with E-state index in [2.05, 4.69) is 22.6 Å². The van der Waals surface area contributed by atoms with E-state index in [9.17, 15) is 8.42 Å². The maximum Gasteiger partial charge on any atom is 0.297 e. The molecule has 2 aliphatic heterocycles. The minimum absolute atomic E-state index is 0.0552. The van der Waals surface area contributed by atoms with Gasteiger partial charge in [0.2, 0.25) is 0 Å². The van der Waals surface area contributed by atoms with Crippen LogP contribution in [0.15, 0.2) is 29.2 Å². The van der Waals surface area contributed by atoms with Crippen molar-refractivity contribution < 1.29 is 31.5 Å². The number of alkyl halides is 1. The first-order valence-electron chi connectivity index (χ1n) is 7.50. The van der Waals surface area contributed by atoms with Crippen molar-refractivity contribution in [3.8, 4) is 0 Å². The molecular formula is C15H19IO7S. The Morgan fingerprint density at radius 2 is 1.62 bits per heavy atom. The third-order valence-electron chi connectivity index (χ3n) is 3.99. The highest BCUT2D eigenvalue weighted by Gasteiger charge is 2.44. The van der Waals surface area contributed by atoms with E-state index in [1.54, 1.807) is 12.1 Å². The number of hydrogen-bond acceptors (Lipinski definition) is 7. The third kappa shape index (κ3) is 4.09. The lowest BCUT2D eigenvalue weighted by molar-refractivity contribution is -0.320. The number of ether oxygens (including phenoxy) is 4. The normalized spacial score (nSPS) is 30.8. The molecule has 2 aliphatic rings. The molecule has 7 nitrogen and oxygen atoms in total. The monoisotopic (exact) mass is 470 g/mol. The number of aryl methyl sites for hydroxylation is 1. The molecule has 9 heteroatoms. The maximum atomic E-state index is 12.3. The summed E-state index contributed by atoms with van der Waals surface area (Å²) in [6.45, 7) is 1.94. The summed E-state index contributed by atoms with van der Waals surface area (Å²) in [5.41, 5.74) is 0.977. The molecule has 2 saturated heterocycles. The quantitative estimate of drug-likeness (QED) is 0.368. The average molecular weight is 470 g/mol. The first-order valence-corrected chi connectivity index (χ1v) is 10.4. The van der Waals surface area contributed by atoms with E-state index in [0.717, 1.165) is 9.99 Å². The molecule has 0 unspecified atom stereocenters. The summed E-state index contributed by atoms with van der Waals surface area (Å²) < 4.78 is 52.6. The molecule has 0 N–H and O–H groups in total. The summed E-state index contributed by atoms with van der Waals surface area (Å²) in [7, 11) is -3.84. The minimum atomic E-state index is -3.84. The van der Waals surface area contributed by atoms with Crippen molar-refractivity contribution in [3.05, 3.63) is 29.8 Å². The summed E-state index contributed by atoms with van der Waals surface area (Å²) in [5, 5.41) is 0. The Hall–Kier alpha value is -0.300. The van der Waals surface area contributed by atoms with Gasteiger partial charge in [0.15, 0.2) is 0 Å². The maximum absolute atomic E-state index is 12.3. The lowest BCUT2D eigenvalue weighted by atomic mass is 10.0. The van der Waals surface area contributed by atoms with Crippen molar-refractivity contribution in [2.45, 2.75) is 36.2 Å². The molecule has 1 aromatic rings. The van der Waals surface area contributed by atoms with Crippen molar-refractivity contribution in [1.29, 1.82) is 0 Å². The number of halogens is 1. The van der Waals surface area contributed by atoms with Gasteiger partial charge >= 0.3 is 0 Å². The zero-order valence-corrected chi connectivity index (χ0v) is 16.1. The molecule has 2 heterocycles. The predicted molar refractivity (Wildman–Crippen MR) is 92.4 cm³/mol. The molecule has 0 bridgehead atoms. The Balaban J connectivity index is 1.66. The Morgan fingerprint density at radius 1 is 1.04 bits per heavy atom. The van der Waals surface area contributed by atoms with Crippen LogP contribution in [-0.2, 0) is 33.2 Å². The molecule has 0 saturated carbocycles. The van der Waals surface area contributed by atoms with Crippen LogP contribution in [0.25, 0.3) is 0 Å². The van der Waals surface area contributed by atoms with Gasteiger partial charge in [0.05, 0.1) is 17.6 Å². The number of benzene rings is 1.